The van der Waals surface area contributed by atoms with Gasteiger partial charge in [-0.25, -0.2) is 13.4 Å². The highest BCUT2D eigenvalue weighted by Crippen LogP contribution is 2.12. The molecule has 102 valence electrons. The Hall–Kier alpha value is -1.41. The molecule has 0 spiro atoms. The van der Waals surface area contributed by atoms with Gasteiger partial charge in [-0.15, -0.1) is 0 Å². The van der Waals surface area contributed by atoms with Crippen molar-refractivity contribution in [2.45, 2.75) is 25.3 Å². The fourth-order valence-corrected chi connectivity index (χ4v) is 2.78. The molecule has 0 radical (unpaired) electrons. The summed E-state index contributed by atoms with van der Waals surface area (Å²) >= 11 is 0. The quantitative estimate of drug-likeness (QED) is 0.726. The number of nitrogens with one attached hydrogen (secondary N) is 1. The Labute approximate surface area is 106 Å². The van der Waals surface area contributed by atoms with Crippen molar-refractivity contribution in [3.8, 4) is 0 Å². The Balaban J connectivity index is 2.88. The Morgan fingerprint density at radius 2 is 2.22 bits per heavy atom. The molecule has 0 aliphatic heterocycles. The molecule has 0 aliphatic carbocycles. The molecule has 8 heteroatoms. The zero-order chi connectivity index (χ0) is 13.6. The van der Waals surface area contributed by atoms with Gasteiger partial charge in [0.2, 0.25) is 0 Å². The van der Waals surface area contributed by atoms with Crippen LogP contribution in [-0.2, 0) is 19.6 Å². The van der Waals surface area contributed by atoms with Crippen molar-refractivity contribution in [2.24, 2.45) is 0 Å². The third-order valence-corrected chi connectivity index (χ3v) is 3.95. The van der Waals surface area contributed by atoms with Crippen LogP contribution >= 0.6 is 0 Å². The van der Waals surface area contributed by atoms with E-state index in [1.807, 2.05) is 6.92 Å². The number of rotatable bonds is 7. The van der Waals surface area contributed by atoms with Crippen molar-refractivity contribution in [1.82, 2.24) is 14.3 Å². The van der Waals surface area contributed by atoms with E-state index in [0.717, 1.165) is 4.31 Å². The summed E-state index contributed by atoms with van der Waals surface area (Å²) in [4.78, 5) is 17.6. The third kappa shape index (κ3) is 3.54. The summed E-state index contributed by atoms with van der Waals surface area (Å²) in [5, 5.41) is -0.0275. The number of carbonyl (C=O) groups excluding carboxylic acids is 1. The van der Waals surface area contributed by atoms with Gasteiger partial charge in [0, 0.05) is 6.54 Å². The predicted octanol–water partition coefficient (Wildman–Crippen LogP) is 0.373. The molecule has 0 atom stereocenters. The highest BCUT2D eigenvalue weighted by atomic mass is 32.2. The lowest BCUT2D eigenvalue weighted by Gasteiger charge is -2.19. The Kier molecular flexibility index (Phi) is 5.29. The molecule has 0 bridgehead atoms. The second-order valence-corrected chi connectivity index (χ2v) is 5.47. The zero-order valence-electron chi connectivity index (χ0n) is 10.4. The van der Waals surface area contributed by atoms with E-state index in [4.69, 9.17) is 4.74 Å². The van der Waals surface area contributed by atoms with Crippen LogP contribution in [0.1, 0.15) is 20.3 Å². The summed E-state index contributed by atoms with van der Waals surface area (Å²) in [5.74, 6) is -0.561. The molecule has 1 aromatic heterocycles. The van der Waals surface area contributed by atoms with Gasteiger partial charge >= 0.3 is 5.97 Å². The van der Waals surface area contributed by atoms with E-state index in [9.17, 15) is 13.2 Å². The van der Waals surface area contributed by atoms with Crippen LogP contribution in [0, 0.1) is 0 Å². The van der Waals surface area contributed by atoms with Crippen LogP contribution in [0.4, 0.5) is 0 Å². The minimum atomic E-state index is -3.72. The first-order valence-corrected chi connectivity index (χ1v) is 7.10. The van der Waals surface area contributed by atoms with Gasteiger partial charge in [0.25, 0.3) is 10.0 Å². The number of aromatic amines is 1. The summed E-state index contributed by atoms with van der Waals surface area (Å²) in [7, 11) is -3.72. The largest absolute Gasteiger partial charge is 0.465 e. The van der Waals surface area contributed by atoms with E-state index >= 15 is 0 Å². The summed E-state index contributed by atoms with van der Waals surface area (Å²) in [6, 6.07) is 0. The number of esters is 1. The summed E-state index contributed by atoms with van der Waals surface area (Å²) in [6.45, 7) is 3.69. The molecule has 1 heterocycles. The van der Waals surface area contributed by atoms with Gasteiger partial charge in [0.15, 0.2) is 5.03 Å². The molecule has 0 saturated carbocycles. The molecule has 0 fully saturated rings. The van der Waals surface area contributed by atoms with E-state index in [2.05, 4.69) is 9.97 Å². The van der Waals surface area contributed by atoms with Gasteiger partial charge in [-0.2, -0.15) is 4.31 Å². The van der Waals surface area contributed by atoms with Gasteiger partial charge in [0.05, 0.1) is 19.1 Å². The van der Waals surface area contributed by atoms with Crippen LogP contribution in [0.3, 0.4) is 0 Å². The van der Waals surface area contributed by atoms with E-state index < -0.39 is 16.0 Å². The van der Waals surface area contributed by atoms with Gasteiger partial charge in [-0.3, -0.25) is 4.79 Å². The van der Waals surface area contributed by atoms with Crippen molar-refractivity contribution in [3.05, 3.63) is 12.5 Å². The van der Waals surface area contributed by atoms with Crippen molar-refractivity contribution in [3.63, 3.8) is 0 Å². The first-order valence-electron chi connectivity index (χ1n) is 5.66. The van der Waals surface area contributed by atoms with Crippen LogP contribution in [0.15, 0.2) is 17.6 Å². The fourth-order valence-electron chi connectivity index (χ4n) is 1.41. The van der Waals surface area contributed by atoms with Gasteiger partial charge < -0.3 is 9.72 Å². The minimum Gasteiger partial charge on any atom is -0.465 e. The maximum atomic E-state index is 12.2. The van der Waals surface area contributed by atoms with Crippen molar-refractivity contribution < 1.29 is 17.9 Å². The molecular formula is C10H17N3O4S. The lowest BCUT2D eigenvalue weighted by Crippen LogP contribution is -2.37. The third-order valence-electron chi connectivity index (χ3n) is 2.17. The zero-order valence-corrected chi connectivity index (χ0v) is 11.2. The average Bonchev–Trinajstić information content (AvgIpc) is 2.82. The van der Waals surface area contributed by atoms with Crippen molar-refractivity contribution in [1.29, 1.82) is 0 Å². The molecule has 0 aromatic carbocycles. The number of imidazole rings is 1. The highest BCUT2D eigenvalue weighted by molar-refractivity contribution is 7.89. The molecule has 1 rings (SSSR count). The van der Waals surface area contributed by atoms with E-state index in [1.165, 1.54) is 12.5 Å². The number of sulfonamides is 1. The van der Waals surface area contributed by atoms with Crippen LogP contribution in [0.2, 0.25) is 0 Å². The fraction of sp³-hybridized carbons (Fsp3) is 0.600. The van der Waals surface area contributed by atoms with Gasteiger partial charge in [-0.05, 0) is 13.3 Å². The van der Waals surface area contributed by atoms with E-state index in [0.29, 0.717) is 6.42 Å². The number of ether oxygens (including phenoxy) is 1. The molecule has 0 saturated heterocycles. The molecular weight excluding hydrogens is 258 g/mol. The van der Waals surface area contributed by atoms with Crippen LogP contribution in [0.25, 0.3) is 0 Å². The number of carbonyl (C=O) groups is 1. The number of nitrogens with zero attached hydrogens (tertiary/aromatic N) is 2. The summed E-state index contributed by atoms with van der Waals surface area (Å²) < 4.78 is 30.2. The van der Waals surface area contributed by atoms with Crippen LogP contribution < -0.4 is 0 Å². The van der Waals surface area contributed by atoms with Gasteiger partial charge in [-0.1, -0.05) is 6.92 Å². The molecule has 0 unspecified atom stereocenters. The van der Waals surface area contributed by atoms with Gasteiger partial charge in [0.1, 0.15) is 6.54 Å². The van der Waals surface area contributed by atoms with E-state index in [1.54, 1.807) is 6.92 Å². The molecule has 18 heavy (non-hydrogen) atoms. The first-order chi connectivity index (χ1) is 8.52. The van der Waals surface area contributed by atoms with E-state index in [-0.39, 0.29) is 24.7 Å². The topological polar surface area (TPSA) is 92.4 Å². The lowest BCUT2D eigenvalue weighted by molar-refractivity contribution is -0.143. The average molecular weight is 275 g/mol. The number of hydrogen-bond acceptors (Lipinski definition) is 5. The normalized spacial score (nSPS) is 11.7. The van der Waals surface area contributed by atoms with Crippen molar-refractivity contribution >= 4 is 16.0 Å². The molecule has 0 amide bonds. The number of H-pyrrole nitrogens is 1. The second kappa shape index (κ2) is 6.50. The molecule has 1 aromatic rings. The van der Waals surface area contributed by atoms with Crippen molar-refractivity contribution in [2.75, 3.05) is 19.7 Å². The number of aromatic nitrogens is 2. The maximum absolute atomic E-state index is 12.2. The minimum absolute atomic E-state index is 0.0275. The molecule has 1 N–H and O–H groups in total. The van der Waals surface area contributed by atoms with Crippen LogP contribution in [-0.4, -0.2) is 48.4 Å². The Morgan fingerprint density at radius 3 is 2.72 bits per heavy atom. The van der Waals surface area contributed by atoms with Crippen LogP contribution in [0.5, 0.6) is 0 Å². The second-order valence-electron chi connectivity index (χ2n) is 3.56. The predicted molar refractivity (Wildman–Crippen MR) is 64.3 cm³/mol. The lowest BCUT2D eigenvalue weighted by atomic mass is 10.5. The molecule has 7 nitrogen and oxygen atoms in total. The first kappa shape index (κ1) is 14.7. The Bertz CT molecular complexity index is 469. The maximum Gasteiger partial charge on any atom is 0.321 e. The summed E-state index contributed by atoms with van der Waals surface area (Å²) in [5.41, 5.74) is 0. The smallest absolute Gasteiger partial charge is 0.321 e. The number of hydrogen-bond donors (Lipinski definition) is 1. The summed E-state index contributed by atoms with van der Waals surface area (Å²) in [6.07, 6.45) is 3.09. The Morgan fingerprint density at radius 1 is 1.50 bits per heavy atom. The monoisotopic (exact) mass is 275 g/mol. The highest BCUT2D eigenvalue weighted by Gasteiger charge is 2.27. The SMILES string of the molecule is CCCN(CC(=O)OCC)S(=O)(=O)c1cnc[nH]1. The molecule has 0 aliphatic rings. The standard InChI is InChI=1S/C10H17N3O4S/c1-3-5-13(7-10(14)17-4-2)18(15,16)9-6-11-8-12-9/h6,8H,3-5,7H2,1-2H3,(H,11,12).